The molecule has 4 heterocycles. The van der Waals surface area contributed by atoms with Gasteiger partial charge in [0.05, 0.1) is 7.11 Å². The Morgan fingerprint density at radius 1 is 0.971 bits per heavy atom. The highest BCUT2D eigenvalue weighted by Gasteiger charge is 2.26. The number of anilines is 1. The fourth-order valence-electron chi connectivity index (χ4n) is 4.26. The van der Waals surface area contributed by atoms with Crippen molar-refractivity contribution in [3.63, 3.8) is 0 Å². The molecule has 1 saturated heterocycles. The van der Waals surface area contributed by atoms with Crippen LogP contribution in [0.15, 0.2) is 59.6 Å². The lowest BCUT2D eigenvalue weighted by Gasteiger charge is -2.36. The summed E-state index contributed by atoms with van der Waals surface area (Å²) < 4.78 is 11.8. The Bertz CT molecular complexity index is 1490. The summed E-state index contributed by atoms with van der Waals surface area (Å²) in [7, 11) is 1.64. The molecule has 0 atom stereocenters. The standard InChI is InChI=1S/C23H20N8O3/c1-33-17-5-2-15(3-6-17)18-13-24-23-25-14-26-31(23)21(18)29-8-10-30(11-9-29)22(32)16-4-7-19-20(12-16)28-34-27-19/h2-7,12-14H,8-11H2,1H3. The van der Waals surface area contributed by atoms with E-state index < -0.39 is 0 Å². The molecule has 0 spiro atoms. The molecule has 2 aromatic carbocycles. The van der Waals surface area contributed by atoms with Crippen LogP contribution in [-0.2, 0) is 0 Å². The third kappa shape index (κ3) is 3.38. The molecular weight excluding hydrogens is 436 g/mol. The topological polar surface area (TPSA) is 115 Å². The minimum absolute atomic E-state index is 0.0411. The molecule has 1 aliphatic heterocycles. The van der Waals surface area contributed by atoms with Gasteiger partial charge in [0.1, 0.15) is 28.9 Å². The number of piperazine rings is 1. The maximum atomic E-state index is 13.1. The highest BCUT2D eigenvalue weighted by atomic mass is 16.6. The average Bonchev–Trinajstić information content (AvgIpc) is 3.57. The predicted molar refractivity (Wildman–Crippen MR) is 123 cm³/mol. The minimum Gasteiger partial charge on any atom is -0.497 e. The predicted octanol–water partition coefficient (Wildman–Crippen LogP) is 2.30. The van der Waals surface area contributed by atoms with E-state index >= 15 is 0 Å². The van der Waals surface area contributed by atoms with Gasteiger partial charge in [-0.3, -0.25) is 4.79 Å². The number of methoxy groups -OCH3 is 1. The Morgan fingerprint density at radius 3 is 2.56 bits per heavy atom. The summed E-state index contributed by atoms with van der Waals surface area (Å²) in [4.78, 5) is 25.9. The van der Waals surface area contributed by atoms with E-state index in [4.69, 9.17) is 9.37 Å². The SMILES string of the molecule is COc1ccc(-c2cnc3ncnn3c2N2CCN(C(=O)c3ccc4nonc4c3)CC2)cc1. The summed E-state index contributed by atoms with van der Waals surface area (Å²) in [5.74, 6) is 2.17. The van der Waals surface area contributed by atoms with E-state index in [1.807, 2.05) is 35.4 Å². The van der Waals surface area contributed by atoms with Crippen LogP contribution in [0.3, 0.4) is 0 Å². The minimum atomic E-state index is -0.0411. The summed E-state index contributed by atoms with van der Waals surface area (Å²) in [6.45, 7) is 2.41. The van der Waals surface area contributed by atoms with Gasteiger partial charge >= 0.3 is 0 Å². The van der Waals surface area contributed by atoms with Crippen molar-refractivity contribution in [3.05, 3.63) is 60.6 Å². The molecule has 170 valence electrons. The first-order chi connectivity index (χ1) is 16.7. The number of hydrogen-bond acceptors (Lipinski definition) is 9. The number of aromatic nitrogens is 6. The largest absolute Gasteiger partial charge is 0.497 e. The molecular formula is C23H20N8O3. The van der Waals surface area contributed by atoms with Crippen LogP contribution >= 0.6 is 0 Å². The Labute approximate surface area is 193 Å². The Morgan fingerprint density at radius 2 is 1.76 bits per heavy atom. The molecule has 0 aliphatic carbocycles. The molecule has 0 radical (unpaired) electrons. The number of carbonyl (C=O) groups excluding carboxylic acids is 1. The fourth-order valence-corrected chi connectivity index (χ4v) is 4.26. The maximum absolute atomic E-state index is 13.1. The molecule has 0 N–H and O–H groups in total. The molecule has 11 nitrogen and oxygen atoms in total. The number of carbonyl (C=O) groups is 1. The van der Waals surface area contributed by atoms with Crippen molar-refractivity contribution >= 4 is 28.5 Å². The highest BCUT2D eigenvalue weighted by Crippen LogP contribution is 2.32. The Balaban J connectivity index is 1.28. The lowest BCUT2D eigenvalue weighted by molar-refractivity contribution is 0.0746. The number of nitrogens with zero attached hydrogens (tertiary/aromatic N) is 8. The molecule has 34 heavy (non-hydrogen) atoms. The van der Waals surface area contributed by atoms with E-state index in [0.29, 0.717) is 48.6 Å². The van der Waals surface area contributed by atoms with E-state index in [9.17, 15) is 4.79 Å². The number of rotatable bonds is 4. The first kappa shape index (κ1) is 20.1. The van der Waals surface area contributed by atoms with Gasteiger partial charge in [0.25, 0.3) is 11.7 Å². The number of benzene rings is 2. The van der Waals surface area contributed by atoms with Crippen LogP contribution in [0, 0.1) is 0 Å². The van der Waals surface area contributed by atoms with Gasteiger partial charge in [0.2, 0.25) is 0 Å². The van der Waals surface area contributed by atoms with Gasteiger partial charge in [0, 0.05) is 43.5 Å². The second-order valence-corrected chi connectivity index (χ2v) is 7.94. The van der Waals surface area contributed by atoms with Crippen LogP contribution in [0.1, 0.15) is 10.4 Å². The van der Waals surface area contributed by atoms with Gasteiger partial charge in [-0.05, 0) is 46.2 Å². The van der Waals surface area contributed by atoms with Gasteiger partial charge in [-0.15, -0.1) is 0 Å². The second-order valence-electron chi connectivity index (χ2n) is 7.94. The first-order valence-electron chi connectivity index (χ1n) is 10.8. The molecule has 6 rings (SSSR count). The van der Waals surface area contributed by atoms with Gasteiger partial charge < -0.3 is 14.5 Å². The second kappa shape index (κ2) is 8.10. The van der Waals surface area contributed by atoms with Crippen LogP contribution in [0.2, 0.25) is 0 Å². The summed E-state index contributed by atoms with van der Waals surface area (Å²) in [5, 5.41) is 12.0. The van der Waals surface area contributed by atoms with E-state index in [-0.39, 0.29) is 5.91 Å². The monoisotopic (exact) mass is 456 g/mol. The Kier molecular flexibility index (Phi) is 4.79. The van der Waals surface area contributed by atoms with Crippen LogP contribution < -0.4 is 9.64 Å². The molecule has 3 aromatic heterocycles. The maximum Gasteiger partial charge on any atom is 0.254 e. The number of fused-ring (bicyclic) bond motifs is 2. The van der Waals surface area contributed by atoms with Crippen molar-refractivity contribution in [3.8, 4) is 16.9 Å². The van der Waals surface area contributed by atoms with E-state index in [1.165, 1.54) is 6.33 Å². The molecule has 5 aromatic rings. The zero-order valence-electron chi connectivity index (χ0n) is 18.3. The lowest BCUT2D eigenvalue weighted by atomic mass is 10.1. The number of ether oxygens (including phenoxy) is 1. The quantitative estimate of drug-likeness (QED) is 0.402. The van der Waals surface area contributed by atoms with Crippen LogP contribution in [-0.4, -0.2) is 74.0 Å². The van der Waals surface area contributed by atoms with Gasteiger partial charge in [-0.2, -0.15) is 14.6 Å². The van der Waals surface area contributed by atoms with Gasteiger partial charge in [-0.1, -0.05) is 12.1 Å². The number of hydrogen-bond donors (Lipinski definition) is 0. The molecule has 0 bridgehead atoms. The molecule has 0 unspecified atom stereocenters. The highest BCUT2D eigenvalue weighted by molar-refractivity contribution is 5.97. The van der Waals surface area contributed by atoms with Crippen molar-refractivity contribution in [2.24, 2.45) is 0 Å². The van der Waals surface area contributed by atoms with E-state index in [2.05, 4.69) is 30.3 Å². The van der Waals surface area contributed by atoms with Crippen LogP contribution in [0.4, 0.5) is 5.82 Å². The van der Waals surface area contributed by atoms with Crippen molar-refractivity contribution in [1.82, 2.24) is 34.8 Å². The van der Waals surface area contributed by atoms with E-state index in [1.54, 1.807) is 29.8 Å². The van der Waals surface area contributed by atoms with E-state index in [0.717, 1.165) is 22.7 Å². The zero-order valence-corrected chi connectivity index (χ0v) is 18.3. The van der Waals surface area contributed by atoms with Crippen LogP contribution in [0.25, 0.3) is 27.9 Å². The Hall–Kier alpha value is -4.54. The van der Waals surface area contributed by atoms with Gasteiger partial charge in [0.15, 0.2) is 0 Å². The zero-order chi connectivity index (χ0) is 23.1. The molecule has 1 fully saturated rings. The van der Waals surface area contributed by atoms with Crippen molar-refractivity contribution in [2.75, 3.05) is 38.2 Å². The van der Waals surface area contributed by atoms with Crippen molar-refractivity contribution < 1.29 is 14.2 Å². The molecule has 11 heteroatoms. The third-order valence-corrected chi connectivity index (χ3v) is 6.05. The normalized spacial score (nSPS) is 14.1. The lowest BCUT2D eigenvalue weighted by Crippen LogP contribution is -2.49. The van der Waals surface area contributed by atoms with Crippen LogP contribution in [0.5, 0.6) is 5.75 Å². The summed E-state index contributed by atoms with van der Waals surface area (Å²) in [6.07, 6.45) is 3.32. The average molecular weight is 456 g/mol. The molecule has 1 amide bonds. The fraction of sp³-hybridized carbons (Fsp3) is 0.217. The van der Waals surface area contributed by atoms with Gasteiger partial charge in [-0.25, -0.2) is 9.61 Å². The van der Waals surface area contributed by atoms with Crippen molar-refractivity contribution in [1.29, 1.82) is 0 Å². The smallest absolute Gasteiger partial charge is 0.254 e. The first-order valence-corrected chi connectivity index (χ1v) is 10.8. The summed E-state index contributed by atoms with van der Waals surface area (Å²) >= 11 is 0. The summed E-state index contributed by atoms with van der Waals surface area (Å²) in [6, 6.07) is 13.0. The number of amides is 1. The third-order valence-electron chi connectivity index (χ3n) is 6.05. The molecule has 1 aliphatic rings. The van der Waals surface area contributed by atoms with Crippen molar-refractivity contribution in [2.45, 2.75) is 0 Å². The molecule has 0 saturated carbocycles. The summed E-state index contributed by atoms with van der Waals surface area (Å²) in [5.41, 5.74) is 3.69.